The Morgan fingerprint density at radius 3 is 2.54 bits per heavy atom. The summed E-state index contributed by atoms with van der Waals surface area (Å²) in [4.78, 5) is 16.7. The van der Waals surface area contributed by atoms with Gasteiger partial charge < -0.3 is 10.2 Å². The highest BCUT2D eigenvalue weighted by Gasteiger charge is 2.24. The lowest BCUT2D eigenvalue weighted by molar-refractivity contribution is -0.121. The molecular formula is C23H34N4O. The van der Waals surface area contributed by atoms with Crippen molar-refractivity contribution in [3.63, 3.8) is 0 Å². The zero-order valence-corrected chi connectivity index (χ0v) is 17.4. The number of carbonyl (C=O) groups is 1. The Morgan fingerprint density at radius 2 is 1.86 bits per heavy atom. The quantitative estimate of drug-likeness (QED) is 0.819. The Labute approximate surface area is 169 Å². The molecule has 1 aromatic carbocycles. The van der Waals surface area contributed by atoms with Crippen LogP contribution in [0.5, 0.6) is 0 Å². The number of hydrogen-bond donors (Lipinski definition) is 1. The fourth-order valence-electron chi connectivity index (χ4n) is 4.58. The molecule has 3 rings (SSSR count). The van der Waals surface area contributed by atoms with Crippen LogP contribution < -0.4 is 10.2 Å². The summed E-state index contributed by atoms with van der Waals surface area (Å²) >= 11 is 0. The smallest absolute Gasteiger partial charge is 0.234 e. The van der Waals surface area contributed by atoms with Gasteiger partial charge in [-0.2, -0.15) is 5.26 Å². The molecule has 0 aromatic heterocycles. The molecule has 1 aliphatic carbocycles. The molecule has 2 aliphatic rings. The minimum atomic E-state index is -0.118. The largest absolute Gasteiger partial charge is 0.369 e. The molecule has 2 fully saturated rings. The van der Waals surface area contributed by atoms with Gasteiger partial charge in [0.1, 0.15) is 6.42 Å². The van der Waals surface area contributed by atoms with Gasteiger partial charge in [0.15, 0.2) is 0 Å². The Balaban J connectivity index is 1.36. The summed E-state index contributed by atoms with van der Waals surface area (Å²) in [6.45, 7) is 10.1. The molecule has 152 valence electrons. The van der Waals surface area contributed by atoms with Gasteiger partial charge in [0, 0.05) is 37.9 Å². The van der Waals surface area contributed by atoms with Gasteiger partial charge in [-0.15, -0.1) is 0 Å². The van der Waals surface area contributed by atoms with E-state index in [0.717, 1.165) is 44.9 Å². The van der Waals surface area contributed by atoms with Gasteiger partial charge in [0.2, 0.25) is 5.91 Å². The summed E-state index contributed by atoms with van der Waals surface area (Å²) in [5.41, 5.74) is 4.11. The second kappa shape index (κ2) is 9.93. The third kappa shape index (κ3) is 5.72. The number of benzene rings is 1. The van der Waals surface area contributed by atoms with Crippen LogP contribution in [-0.2, 0) is 4.79 Å². The molecule has 5 nitrogen and oxygen atoms in total. The first-order valence-electron chi connectivity index (χ1n) is 10.8. The van der Waals surface area contributed by atoms with Crippen LogP contribution in [0.4, 0.5) is 5.69 Å². The third-order valence-electron chi connectivity index (χ3n) is 6.38. The van der Waals surface area contributed by atoms with Gasteiger partial charge in [0.25, 0.3) is 0 Å². The molecule has 0 atom stereocenters. The Kier molecular flexibility index (Phi) is 7.33. The van der Waals surface area contributed by atoms with E-state index >= 15 is 0 Å². The molecule has 1 aromatic rings. The minimum absolute atomic E-state index is 0.0199. The van der Waals surface area contributed by atoms with Crippen molar-refractivity contribution in [1.82, 2.24) is 10.2 Å². The van der Waals surface area contributed by atoms with Gasteiger partial charge >= 0.3 is 0 Å². The van der Waals surface area contributed by atoms with Crippen molar-refractivity contribution in [3.05, 3.63) is 29.3 Å². The van der Waals surface area contributed by atoms with Crippen LogP contribution in [0.2, 0.25) is 0 Å². The maximum atomic E-state index is 11.5. The third-order valence-corrected chi connectivity index (χ3v) is 6.38. The van der Waals surface area contributed by atoms with E-state index in [1.54, 1.807) is 0 Å². The van der Waals surface area contributed by atoms with E-state index in [9.17, 15) is 4.79 Å². The lowest BCUT2D eigenvalue weighted by Gasteiger charge is -2.38. The fourth-order valence-corrected chi connectivity index (χ4v) is 4.58. The van der Waals surface area contributed by atoms with Gasteiger partial charge in [0.05, 0.1) is 6.07 Å². The van der Waals surface area contributed by atoms with Crippen molar-refractivity contribution >= 4 is 11.6 Å². The maximum absolute atomic E-state index is 11.5. The minimum Gasteiger partial charge on any atom is -0.369 e. The summed E-state index contributed by atoms with van der Waals surface area (Å²) in [6.07, 6.45) is 5.75. The predicted molar refractivity (Wildman–Crippen MR) is 113 cm³/mol. The first-order chi connectivity index (χ1) is 13.5. The summed E-state index contributed by atoms with van der Waals surface area (Å²) in [5, 5.41) is 11.6. The summed E-state index contributed by atoms with van der Waals surface area (Å²) < 4.78 is 0. The number of nitrogens with zero attached hydrogens (tertiary/aromatic N) is 3. The highest BCUT2D eigenvalue weighted by molar-refractivity contribution is 5.78. The zero-order valence-electron chi connectivity index (χ0n) is 17.4. The molecule has 0 spiro atoms. The van der Waals surface area contributed by atoms with Crippen molar-refractivity contribution in [2.75, 3.05) is 37.6 Å². The number of amides is 1. The van der Waals surface area contributed by atoms with E-state index in [-0.39, 0.29) is 18.4 Å². The van der Waals surface area contributed by atoms with Gasteiger partial charge in [-0.3, -0.25) is 9.69 Å². The fraction of sp³-hybridized carbons (Fsp3) is 0.652. The second-order valence-corrected chi connectivity index (χ2v) is 8.53. The predicted octanol–water partition coefficient (Wildman–Crippen LogP) is 3.40. The molecule has 1 heterocycles. The van der Waals surface area contributed by atoms with E-state index in [4.69, 9.17) is 5.26 Å². The number of nitriles is 1. The molecule has 1 saturated carbocycles. The molecule has 0 radical (unpaired) electrons. The number of rotatable bonds is 6. The summed E-state index contributed by atoms with van der Waals surface area (Å²) in [5.74, 6) is 0.661. The Morgan fingerprint density at radius 1 is 1.14 bits per heavy atom. The van der Waals surface area contributed by atoms with Crippen LogP contribution in [0.15, 0.2) is 18.2 Å². The molecular weight excluding hydrogens is 348 g/mol. The number of piperazine rings is 1. The van der Waals surface area contributed by atoms with Gasteiger partial charge in [-0.25, -0.2) is 0 Å². The van der Waals surface area contributed by atoms with E-state index in [0.29, 0.717) is 0 Å². The SMILES string of the molecule is Cc1ccc(C)c(N2CCN(CC[C@H]3CC[C@H](NC(=O)CC#N)CC3)CC2)c1. The number of carbonyl (C=O) groups excluding carboxylic acids is 1. The molecule has 0 unspecified atom stereocenters. The number of nitrogens with one attached hydrogen (secondary N) is 1. The van der Waals surface area contributed by atoms with E-state index in [1.807, 2.05) is 6.07 Å². The molecule has 28 heavy (non-hydrogen) atoms. The number of anilines is 1. The molecule has 1 amide bonds. The van der Waals surface area contributed by atoms with Gasteiger partial charge in [-0.1, -0.05) is 12.1 Å². The van der Waals surface area contributed by atoms with Gasteiger partial charge in [-0.05, 0) is 75.6 Å². The van der Waals surface area contributed by atoms with Crippen LogP contribution >= 0.6 is 0 Å². The van der Waals surface area contributed by atoms with Crippen molar-refractivity contribution in [3.8, 4) is 6.07 Å². The molecule has 5 heteroatoms. The van der Waals surface area contributed by atoms with Crippen molar-refractivity contribution in [1.29, 1.82) is 5.26 Å². The number of aryl methyl sites for hydroxylation is 2. The van der Waals surface area contributed by atoms with Crippen LogP contribution in [0, 0.1) is 31.1 Å². The van der Waals surface area contributed by atoms with Crippen LogP contribution in [0.1, 0.15) is 49.7 Å². The molecule has 1 N–H and O–H groups in total. The van der Waals surface area contributed by atoms with Crippen molar-refractivity contribution in [2.45, 2.75) is 58.4 Å². The lowest BCUT2D eigenvalue weighted by atomic mass is 9.84. The van der Waals surface area contributed by atoms with Crippen LogP contribution in [0.25, 0.3) is 0 Å². The van der Waals surface area contributed by atoms with Crippen molar-refractivity contribution in [2.24, 2.45) is 5.92 Å². The average Bonchev–Trinajstić information content (AvgIpc) is 2.70. The Hall–Kier alpha value is -2.06. The Bertz CT molecular complexity index is 695. The normalized spacial score (nSPS) is 23.2. The molecule has 1 aliphatic heterocycles. The first kappa shape index (κ1) is 20.7. The number of hydrogen-bond acceptors (Lipinski definition) is 4. The highest BCUT2D eigenvalue weighted by Crippen LogP contribution is 2.28. The lowest BCUT2D eigenvalue weighted by Crippen LogP contribution is -2.47. The monoisotopic (exact) mass is 382 g/mol. The van der Waals surface area contributed by atoms with Crippen LogP contribution in [0.3, 0.4) is 0 Å². The summed E-state index contributed by atoms with van der Waals surface area (Å²) in [7, 11) is 0. The van der Waals surface area contributed by atoms with Crippen LogP contribution in [-0.4, -0.2) is 49.6 Å². The standard InChI is InChI=1S/C23H34N4O/c1-18-3-4-19(2)22(17-18)27-15-13-26(14-16-27)12-10-20-5-7-21(8-6-20)25-23(28)9-11-24/h3-4,17,20-21H,5-10,12-16H2,1-2H3,(H,25,28)/t20-,21-. The highest BCUT2D eigenvalue weighted by atomic mass is 16.1. The average molecular weight is 383 g/mol. The maximum Gasteiger partial charge on any atom is 0.234 e. The topological polar surface area (TPSA) is 59.4 Å². The van der Waals surface area contributed by atoms with E-state index < -0.39 is 0 Å². The first-order valence-corrected chi connectivity index (χ1v) is 10.8. The second-order valence-electron chi connectivity index (χ2n) is 8.53. The summed E-state index contributed by atoms with van der Waals surface area (Å²) in [6, 6.07) is 8.94. The molecule has 1 saturated heterocycles. The van der Waals surface area contributed by atoms with Crippen molar-refractivity contribution < 1.29 is 4.79 Å². The zero-order chi connectivity index (χ0) is 19.9. The molecule has 0 bridgehead atoms. The van der Waals surface area contributed by atoms with E-state index in [1.165, 1.54) is 42.6 Å². The van der Waals surface area contributed by atoms with E-state index in [2.05, 4.69) is 47.2 Å².